The Labute approximate surface area is 288 Å². The average molecular weight is 711 g/mol. The predicted octanol–water partition coefficient (Wildman–Crippen LogP) is 10.7. The summed E-state index contributed by atoms with van der Waals surface area (Å²) in [6, 6.07) is 34.3. The lowest BCUT2D eigenvalue weighted by Crippen LogP contribution is -1.97. The van der Waals surface area contributed by atoms with Gasteiger partial charge >= 0.3 is 0 Å². The highest BCUT2D eigenvalue weighted by Crippen LogP contribution is 2.34. The topological polar surface area (TPSA) is 68.6 Å². The molecule has 5 nitrogen and oxygen atoms in total. The zero-order valence-corrected chi connectivity index (χ0v) is 28.6. The van der Waals surface area contributed by atoms with Crippen LogP contribution in [0.2, 0.25) is 20.6 Å². The van der Waals surface area contributed by atoms with Crippen molar-refractivity contribution in [2.75, 3.05) is 12.5 Å². The maximum absolute atomic E-state index is 12.0. The monoisotopic (exact) mass is 708 g/mol. The standard InChI is InChI=1S/C17H12Cl2N2OS.C17H12Cl2N2S/c1-23(22)16-8-7-12(18)9-13(16)15-10-14(20-17(19)21-15)11-5-3-2-4-6-11;1-22-16-8-7-12(18)9-13(16)15-10-14(20-17(19)21-15)11-5-3-2-4-6-11/h2-10H,1H3;2-10H,1H3. The van der Waals surface area contributed by atoms with Crippen LogP contribution < -0.4 is 0 Å². The quantitative estimate of drug-likeness (QED) is 0.127. The molecule has 0 amide bonds. The molecule has 0 saturated carbocycles. The van der Waals surface area contributed by atoms with E-state index in [0.29, 0.717) is 31.9 Å². The summed E-state index contributed by atoms with van der Waals surface area (Å²) >= 11 is 26.1. The molecule has 0 N–H and O–H groups in total. The Bertz CT molecular complexity index is 1980. The van der Waals surface area contributed by atoms with Crippen molar-refractivity contribution in [3.8, 4) is 45.0 Å². The Kier molecular flexibility index (Phi) is 11.3. The summed E-state index contributed by atoms with van der Waals surface area (Å²) < 4.78 is 12.0. The molecule has 45 heavy (non-hydrogen) atoms. The summed E-state index contributed by atoms with van der Waals surface area (Å²) in [6.45, 7) is 0. The molecule has 2 heterocycles. The average Bonchev–Trinajstić information content (AvgIpc) is 3.05. The van der Waals surface area contributed by atoms with Crippen LogP contribution in [0.3, 0.4) is 0 Å². The van der Waals surface area contributed by atoms with Crippen molar-refractivity contribution in [3.05, 3.63) is 130 Å². The van der Waals surface area contributed by atoms with E-state index in [1.807, 2.05) is 97.3 Å². The summed E-state index contributed by atoms with van der Waals surface area (Å²) in [4.78, 5) is 19.0. The highest BCUT2D eigenvalue weighted by molar-refractivity contribution is 7.98. The number of hydrogen-bond donors (Lipinski definition) is 0. The van der Waals surface area contributed by atoms with Gasteiger partial charge in [-0.25, -0.2) is 19.9 Å². The minimum absolute atomic E-state index is 0.133. The van der Waals surface area contributed by atoms with Gasteiger partial charge < -0.3 is 0 Å². The lowest BCUT2D eigenvalue weighted by Gasteiger charge is -2.09. The van der Waals surface area contributed by atoms with Gasteiger partial charge in [0.25, 0.3) is 0 Å². The van der Waals surface area contributed by atoms with E-state index in [4.69, 9.17) is 46.4 Å². The highest BCUT2D eigenvalue weighted by atomic mass is 35.5. The van der Waals surface area contributed by atoms with Gasteiger partial charge in [-0.15, -0.1) is 11.8 Å². The molecule has 226 valence electrons. The van der Waals surface area contributed by atoms with Gasteiger partial charge in [0.1, 0.15) is 0 Å². The van der Waals surface area contributed by atoms with Crippen molar-refractivity contribution >= 4 is 69.0 Å². The highest BCUT2D eigenvalue weighted by Gasteiger charge is 2.14. The van der Waals surface area contributed by atoms with Gasteiger partial charge in [0.15, 0.2) is 0 Å². The third-order valence-corrected chi connectivity index (χ3v) is 9.08. The Morgan fingerprint density at radius 2 is 1.00 bits per heavy atom. The van der Waals surface area contributed by atoms with Crippen LogP contribution in [0.5, 0.6) is 0 Å². The second kappa shape index (κ2) is 15.3. The Morgan fingerprint density at radius 3 is 1.49 bits per heavy atom. The van der Waals surface area contributed by atoms with Crippen LogP contribution in [-0.4, -0.2) is 36.7 Å². The number of hydrogen-bond acceptors (Lipinski definition) is 6. The van der Waals surface area contributed by atoms with Crippen molar-refractivity contribution in [2.45, 2.75) is 9.79 Å². The third kappa shape index (κ3) is 8.50. The van der Waals surface area contributed by atoms with E-state index in [-0.39, 0.29) is 10.6 Å². The molecule has 2 aromatic heterocycles. The SMILES string of the molecule is CS(=O)c1ccc(Cl)cc1-c1cc(-c2ccccc2)nc(Cl)n1.CSc1ccc(Cl)cc1-c1cc(-c2ccccc2)nc(Cl)n1. The van der Waals surface area contributed by atoms with Gasteiger partial charge in [-0.2, -0.15) is 0 Å². The van der Waals surface area contributed by atoms with Gasteiger partial charge in [0.2, 0.25) is 10.6 Å². The van der Waals surface area contributed by atoms with E-state index in [1.165, 1.54) is 0 Å². The zero-order valence-electron chi connectivity index (χ0n) is 23.9. The molecule has 0 saturated heterocycles. The van der Waals surface area contributed by atoms with E-state index in [0.717, 1.165) is 33.0 Å². The molecule has 1 unspecified atom stereocenters. The van der Waals surface area contributed by atoms with Crippen molar-refractivity contribution in [3.63, 3.8) is 0 Å². The Hall–Kier alpha value is -3.30. The molecule has 11 heteroatoms. The summed E-state index contributed by atoms with van der Waals surface area (Å²) in [5.41, 5.74) is 6.44. The summed E-state index contributed by atoms with van der Waals surface area (Å²) in [7, 11) is -1.17. The predicted molar refractivity (Wildman–Crippen MR) is 190 cm³/mol. The number of aromatic nitrogens is 4. The largest absolute Gasteiger partial charge is 0.255 e. The molecule has 0 aliphatic rings. The smallest absolute Gasteiger partial charge is 0.223 e. The third-order valence-electron chi connectivity index (χ3n) is 6.50. The number of halogens is 4. The number of thioether (sulfide) groups is 1. The molecular weight excluding hydrogens is 686 g/mol. The van der Waals surface area contributed by atoms with Gasteiger partial charge in [0, 0.05) is 48.3 Å². The zero-order chi connectivity index (χ0) is 31.9. The Morgan fingerprint density at radius 1 is 0.556 bits per heavy atom. The van der Waals surface area contributed by atoms with Gasteiger partial charge in [-0.05, 0) is 78.0 Å². The van der Waals surface area contributed by atoms with Crippen molar-refractivity contribution in [1.82, 2.24) is 19.9 Å². The molecule has 4 aromatic carbocycles. The fraction of sp³-hybridized carbons (Fsp3) is 0.0588. The summed E-state index contributed by atoms with van der Waals surface area (Å²) in [5.74, 6) is 0. The molecule has 0 bridgehead atoms. The van der Waals surface area contributed by atoms with Gasteiger partial charge in [-0.3, -0.25) is 4.21 Å². The first-order chi connectivity index (χ1) is 21.7. The maximum Gasteiger partial charge on any atom is 0.223 e. The lowest BCUT2D eigenvalue weighted by molar-refractivity contribution is 0.687. The molecule has 0 radical (unpaired) electrons. The van der Waals surface area contributed by atoms with E-state index in [1.54, 1.807) is 36.2 Å². The van der Waals surface area contributed by atoms with Crippen molar-refractivity contribution < 1.29 is 4.21 Å². The fourth-order valence-electron chi connectivity index (χ4n) is 4.46. The minimum Gasteiger partial charge on any atom is -0.255 e. The molecule has 1 atom stereocenters. The molecule has 6 aromatic rings. The molecular formula is C34H24Cl4N4OS2. The molecule has 0 aliphatic heterocycles. The normalized spacial score (nSPS) is 11.4. The van der Waals surface area contributed by atoms with Gasteiger partial charge in [0.05, 0.1) is 33.6 Å². The van der Waals surface area contributed by atoms with E-state index >= 15 is 0 Å². The molecule has 0 fully saturated rings. The van der Waals surface area contributed by atoms with Crippen LogP contribution in [0, 0.1) is 0 Å². The van der Waals surface area contributed by atoms with E-state index in [9.17, 15) is 4.21 Å². The molecule has 6 rings (SSSR count). The number of benzene rings is 4. The minimum atomic E-state index is -1.17. The first-order valence-electron chi connectivity index (χ1n) is 13.4. The second-order valence-electron chi connectivity index (χ2n) is 9.49. The fourth-order valence-corrected chi connectivity index (χ4v) is 6.49. The van der Waals surface area contributed by atoms with Crippen LogP contribution in [0.1, 0.15) is 0 Å². The number of nitrogens with zero attached hydrogens (tertiary/aromatic N) is 4. The first kappa shape index (κ1) is 33.1. The van der Waals surface area contributed by atoms with Crippen LogP contribution in [0.4, 0.5) is 0 Å². The van der Waals surface area contributed by atoms with Crippen LogP contribution >= 0.6 is 58.2 Å². The lowest BCUT2D eigenvalue weighted by atomic mass is 10.1. The van der Waals surface area contributed by atoms with E-state index in [2.05, 4.69) is 19.9 Å². The Balaban J connectivity index is 0.000000178. The van der Waals surface area contributed by atoms with Gasteiger partial charge in [-0.1, -0.05) is 83.9 Å². The number of rotatable bonds is 6. The van der Waals surface area contributed by atoms with Crippen LogP contribution in [0.15, 0.2) is 119 Å². The first-order valence-corrected chi connectivity index (χ1v) is 17.7. The van der Waals surface area contributed by atoms with E-state index < -0.39 is 10.8 Å². The summed E-state index contributed by atoms with van der Waals surface area (Å²) in [5, 5.41) is 1.58. The van der Waals surface area contributed by atoms with Crippen molar-refractivity contribution in [2.24, 2.45) is 0 Å². The van der Waals surface area contributed by atoms with Crippen LogP contribution in [-0.2, 0) is 10.8 Å². The van der Waals surface area contributed by atoms with Crippen molar-refractivity contribution in [1.29, 1.82) is 0 Å². The molecule has 0 spiro atoms. The van der Waals surface area contributed by atoms with Crippen LogP contribution in [0.25, 0.3) is 45.0 Å². The molecule has 0 aliphatic carbocycles. The second-order valence-corrected chi connectivity index (χ2v) is 13.2. The maximum atomic E-state index is 12.0. The summed E-state index contributed by atoms with van der Waals surface area (Å²) in [6.07, 6.45) is 3.64.